The van der Waals surface area contributed by atoms with E-state index in [-0.39, 0.29) is 28.2 Å². The van der Waals surface area contributed by atoms with Crippen LogP contribution in [0.2, 0.25) is 5.02 Å². The third-order valence-electron chi connectivity index (χ3n) is 5.98. The van der Waals surface area contributed by atoms with Crippen LogP contribution in [0.1, 0.15) is 40.2 Å². The molecule has 3 atom stereocenters. The molecule has 0 saturated carbocycles. The normalized spacial score (nSPS) is 28.2. The summed E-state index contributed by atoms with van der Waals surface area (Å²) >= 11 is 6.25. The molecule has 0 aliphatic heterocycles. The molecule has 6 heteroatoms. The molecule has 0 spiro atoms. The molecule has 0 aromatic heterocycles. The highest BCUT2D eigenvalue weighted by Gasteiger charge is 2.45. The quantitative estimate of drug-likeness (QED) is 0.689. The lowest BCUT2D eigenvalue weighted by molar-refractivity contribution is 0.00451. The number of aliphatic hydroxyl groups is 2. The Morgan fingerprint density at radius 1 is 1.19 bits per heavy atom. The van der Waals surface area contributed by atoms with Crippen LogP contribution in [0.5, 0.6) is 5.75 Å². The van der Waals surface area contributed by atoms with Crippen LogP contribution in [0, 0.1) is 0 Å². The molecule has 1 aromatic carbocycles. The van der Waals surface area contributed by atoms with Gasteiger partial charge in [0.05, 0.1) is 10.6 Å². The lowest BCUT2D eigenvalue weighted by atomic mass is 9.75. The van der Waals surface area contributed by atoms with Crippen LogP contribution in [-0.2, 0) is 4.74 Å². The van der Waals surface area contributed by atoms with Crippen molar-refractivity contribution in [3.63, 3.8) is 0 Å². The molecule has 0 amide bonds. The smallest absolute Gasteiger partial charge is 0.167 e. The largest absolute Gasteiger partial charge is 0.509 e. The minimum absolute atomic E-state index is 0.114. The zero-order valence-corrected chi connectivity index (χ0v) is 15.2. The molecule has 0 fully saturated rings. The van der Waals surface area contributed by atoms with Gasteiger partial charge in [0.15, 0.2) is 5.78 Å². The number of carbonyl (C=O) groups is 1. The van der Waals surface area contributed by atoms with E-state index >= 15 is 0 Å². The van der Waals surface area contributed by atoms with Crippen molar-refractivity contribution < 1.29 is 24.9 Å². The monoisotopic (exact) mass is 384 g/mol. The summed E-state index contributed by atoms with van der Waals surface area (Å²) in [6, 6.07) is 1.70. The summed E-state index contributed by atoms with van der Waals surface area (Å²) in [6.45, 7) is 0. The number of rotatable bonds is 1. The van der Waals surface area contributed by atoms with Crippen LogP contribution in [-0.4, -0.2) is 40.4 Å². The van der Waals surface area contributed by atoms with Gasteiger partial charge in [-0.05, 0) is 52.0 Å². The van der Waals surface area contributed by atoms with Gasteiger partial charge in [-0.1, -0.05) is 23.8 Å². The van der Waals surface area contributed by atoms with E-state index in [1.165, 1.54) is 7.11 Å². The van der Waals surface area contributed by atoms with E-state index in [0.717, 1.165) is 33.4 Å². The molecular formula is C21H17ClO5. The molecule has 0 bridgehead atoms. The number of methoxy groups -OCH3 is 1. The maximum absolute atomic E-state index is 12.5. The average molecular weight is 385 g/mol. The Bertz CT molecular complexity index is 1040. The minimum Gasteiger partial charge on any atom is -0.509 e. The van der Waals surface area contributed by atoms with E-state index < -0.39 is 12.2 Å². The summed E-state index contributed by atoms with van der Waals surface area (Å²) in [4.78, 5) is 12.5. The van der Waals surface area contributed by atoms with Crippen molar-refractivity contribution in [1.82, 2.24) is 0 Å². The molecule has 138 valence electrons. The molecule has 4 aliphatic rings. The van der Waals surface area contributed by atoms with Crippen molar-refractivity contribution in [2.24, 2.45) is 0 Å². The SMILES string of the molecule is COC1C2=C(C=CC3=C4CCC(=O)c5c(O)c(Cl)cc(c54)C32)C=C(O)C1O. The second-order valence-electron chi connectivity index (χ2n) is 7.25. The molecule has 5 nitrogen and oxygen atoms in total. The fourth-order valence-electron chi connectivity index (χ4n) is 4.86. The minimum atomic E-state index is -1.16. The highest BCUT2D eigenvalue weighted by Crippen LogP contribution is 2.57. The summed E-state index contributed by atoms with van der Waals surface area (Å²) < 4.78 is 5.54. The first kappa shape index (κ1) is 16.8. The second-order valence-corrected chi connectivity index (χ2v) is 7.66. The van der Waals surface area contributed by atoms with Gasteiger partial charge < -0.3 is 20.1 Å². The summed E-state index contributed by atoms with van der Waals surface area (Å²) in [5, 5.41) is 31.1. The molecule has 0 radical (unpaired) electrons. The first-order valence-electron chi connectivity index (χ1n) is 8.79. The van der Waals surface area contributed by atoms with Crippen LogP contribution >= 0.6 is 11.6 Å². The molecule has 27 heavy (non-hydrogen) atoms. The maximum atomic E-state index is 12.5. The van der Waals surface area contributed by atoms with Gasteiger partial charge in [0.1, 0.15) is 23.7 Å². The van der Waals surface area contributed by atoms with Crippen LogP contribution < -0.4 is 0 Å². The number of ketones is 1. The van der Waals surface area contributed by atoms with Gasteiger partial charge in [-0.3, -0.25) is 4.79 Å². The Labute approximate surface area is 160 Å². The fraction of sp³-hybridized carbons (Fsp3) is 0.286. The molecule has 5 rings (SSSR count). The van der Waals surface area contributed by atoms with Crippen molar-refractivity contribution in [2.75, 3.05) is 7.11 Å². The van der Waals surface area contributed by atoms with Crippen molar-refractivity contribution >= 4 is 23.0 Å². The lowest BCUT2D eigenvalue weighted by Gasteiger charge is -2.35. The Hall–Kier alpha value is -2.34. The predicted octanol–water partition coefficient (Wildman–Crippen LogP) is 3.57. The van der Waals surface area contributed by atoms with Crippen molar-refractivity contribution in [3.05, 3.63) is 68.5 Å². The third-order valence-corrected chi connectivity index (χ3v) is 6.27. The van der Waals surface area contributed by atoms with Crippen LogP contribution in [0.25, 0.3) is 5.57 Å². The molecule has 1 aromatic rings. The number of hydrogen-bond donors (Lipinski definition) is 3. The number of fused-ring (bicyclic) bond motifs is 3. The average Bonchev–Trinajstić information content (AvgIpc) is 2.96. The number of benzene rings is 1. The van der Waals surface area contributed by atoms with E-state index in [1.54, 1.807) is 12.1 Å². The van der Waals surface area contributed by atoms with Gasteiger partial charge in [-0.25, -0.2) is 0 Å². The molecule has 4 aliphatic carbocycles. The number of carbonyl (C=O) groups excluding carboxylic acids is 1. The molecule has 0 heterocycles. The number of aromatic hydroxyl groups is 1. The Balaban J connectivity index is 1.83. The standard InChI is InChI=1S/C21H17ClO5/c1-27-21-15-8(6-14(24)20(21)26)2-3-9-10-4-5-13(23)18-17(10)11(16(9)15)7-12(22)19(18)25/h2-3,6-7,16,20-21,24-26H,4-5H2,1H3. The van der Waals surface area contributed by atoms with E-state index in [9.17, 15) is 20.1 Å². The van der Waals surface area contributed by atoms with E-state index in [1.807, 2.05) is 12.2 Å². The highest BCUT2D eigenvalue weighted by atomic mass is 35.5. The molecular weight excluding hydrogens is 368 g/mol. The van der Waals surface area contributed by atoms with Gasteiger partial charge in [-0.15, -0.1) is 0 Å². The van der Waals surface area contributed by atoms with Gasteiger partial charge in [0.2, 0.25) is 0 Å². The third kappa shape index (κ3) is 2.05. The lowest BCUT2D eigenvalue weighted by Crippen LogP contribution is -2.37. The second kappa shape index (κ2) is 5.58. The summed E-state index contributed by atoms with van der Waals surface area (Å²) in [5.41, 5.74) is 5.56. The zero-order chi connectivity index (χ0) is 19.0. The van der Waals surface area contributed by atoms with Crippen molar-refractivity contribution in [1.29, 1.82) is 0 Å². The number of aliphatic hydroxyl groups excluding tert-OH is 2. The van der Waals surface area contributed by atoms with E-state index in [4.69, 9.17) is 16.3 Å². The predicted molar refractivity (Wildman–Crippen MR) is 100 cm³/mol. The van der Waals surface area contributed by atoms with Crippen LogP contribution in [0.15, 0.2) is 46.8 Å². The topological polar surface area (TPSA) is 87.0 Å². The number of hydrogen-bond acceptors (Lipinski definition) is 5. The van der Waals surface area contributed by atoms with Gasteiger partial charge in [0, 0.05) is 19.4 Å². The first-order chi connectivity index (χ1) is 12.9. The summed E-state index contributed by atoms with van der Waals surface area (Å²) in [7, 11) is 1.49. The number of phenolic OH excluding ortho intramolecular Hbond substituents is 1. The number of phenols is 1. The van der Waals surface area contributed by atoms with Gasteiger partial charge >= 0.3 is 0 Å². The summed E-state index contributed by atoms with van der Waals surface area (Å²) in [6.07, 6.45) is 4.47. The van der Waals surface area contributed by atoms with Crippen molar-refractivity contribution in [3.8, 4) is 5.75 Å². The molecule has 3 unspecified atom stereocenters. The van der Waals surface area contributed by atoms with Gasteiger partial charge in [-0.2, -0.15) is 0 Å². The summed E-state index contributed by atoms with van der Waals surface area (Å²) in [5.74, 6) is -0.654. The Kier molecular flexibility index (Phi) is 3.47. The Morgan fingerprint density at radius 3 is 2.70 bits per heavy atom. The molecule has 0 saturated heterocycles. The molecule has 3 N–H and O–H groups in total. The fourth-order valence-corrected chi connectivity index (χ4v) is 5.07. The highest BCUT2D eigenvalue weighted by molar-refractivity contribution is 6.33. The maximum Gasteiger partial charge on any atom is 0.167 e. The Morgan fingerprint density at radius 2 is 1.96 bits per heavy atom. The number of Topliss-reactive ketones (excluding diaryl/α,β-unsaturated/α-hetero) is 1. The number of allylic oxidation sites excluding steroid dienone is 6. The van der Waals surface area contributed by atoms with Crippen LogP contribution in [0.4, 0.5) is 0 Å². The van der Waals surface area contributed by atoms with Crippen molar-refractivity contribution in [2.45, 2.75) is 31.0 Å². The number of ether oxygens (including phenoxy) is 1. The zero-order valence-electron chi connectivity index (χ0n) is 14.5. The van der Waals surface area contributed by atoms with E-state index in [2.05, 4.69) is 0 Å². The number of halogens is 1. The first-order valence-corrected chi connectivity index (χ1v) is 9.17. The van der Waals surface area contributed by atoms with Crippen LogP contribution in [0.3, 0.4) is 0 Å². The van der Waals surface area contributed by atoms with E-state index in [0.29, 0.717) is 18.4 Å². The van der Waals surface area contributed by atoms with Gasteiger partial charge in [0.25, 0.3) is 0 Å².